The number of para-hydroxylation sites is 1. The van der Waals surface area contributed by atoms with E-state index < -0.39 is 0 Å². The third-order valence-electron chi connectivity index (χ3n) is 3.05. The molecular formula is C14H10ClFN2S. The van der Waals surface area contributed by atoms with Crippen molar-refractivity contribution < 1.29 is 4.39 Å². The van der Waals surface area contributed by atoms with Crippen LogP contribution in [0.1, 0.15) is 5.56 Å². The molecule has 1 aromatic heterocycles. The molecule has 1 N–H and O–H groups in total. The lowest BCUT2D eigenvalue weighted by molar-refractivity contribution is 0.600. The molecule has 0 saturated carbocycles. The Bertz CT molecular complexity index is 807. The molecule has 0 amide bonds. The Morgan fingerprint density at radius 1 is 1.16 bits per heavy atom. The molecule has 0 aliphatic rings. The highest BCUT2D eigenvalue weighted by atomic mass is 35.5. The molecule has 0 saturated heterocycles. The Balaban J connectivity index is 2.16. The molecule has 1 heterocycles. The van der Waals surface area contributed by atoms with Gasteiger partial charge in [-0.1, -0.05) is 35.9 Å². The first-order chi connectivity index (χ1) is 9.16. The van der Waals surface area contributed by atoms with E-state index in [0.717, 1.165) is 11.0 Å². The highest BCUT2D eigenvalue weighted by Gasteiger charge is 2.09. The third kappa shape index (κ3) is 2.17. The van der Waals surface area contributed by atoms with Gasteiger partial charge in [-0.3, -0.25) is 0 Å². The zero-order valence-electron chi connectivity index (χ0n) is 9.86. The molecule has 0 bridgehead atoms. The lowest BCUT2D eigenvalue weighted by Gasteiger charge is -2.06. The van der Waals surface area contributed by atoms with E-state index in [4.69, 9.17) is 23.8 Å². The fraction of sp³-hybridized carbons (Fsp3) is 0.0714. The summed E-state index contributed by atoms with van der Waals surface area (Å²) in [6, 6.07) is 12.2. The van der Waals surface area contributed by atoms with Crippen LogP contribution in [0, 0.1) is 10.6 Å². The van der Waals surface area contributed by atoms with Crippen molar-refractivity contribution >= 4 is 34.9 Å². The topological polar surface area (TPSA) is 20.7 Å². The second kappa shape index (κ2) is 4.79. The van der Waals surface area contributed by atoms with Crippen LogP contribution >= 0.6 is 23.8 Å². The number of nitrogens with zero attached hydrogens (tertiary/aromatic N) is 1. The minimum absolute atomic E-state index is 0.235. The van der Waals surface area contributed by atoms with Gasteiger partial charge in [0, 0.05) is 5.56 Å². The van der Waals surface area contributed by atoms with E-state index in [9.17, 15) is 4.39 Å². The number of fused-ring (bicyclic) bond motifs is 1. The maximum atomic E-state index is 13.7. The largest absolute Gasteiger partial charge is 0.329 e. The zero-order valence-corrected chi connectivity index (χ0v) is 11.4. The van der Waals surface area contributed by atoms with Gasteiger partial charge in [-0.15, -0.1) is 0 Å². The Kier molecular flexibility index (Phi) is 3.12. The first kappa shape index (κ1) is 12.4. The SMILES string of the molecule is Fc1ccccc1Cn1c(=S)[nH]c2c(Cl)cccc21. The number of aromatic nitrogens is 2. The zero-order chi connectivity index (χ0) is 13.4. The van der Waals surface area contributed by atoms with Gasteiger partial charge in [0.2, 0.25) is 0 Å². The highest BCUT2D eigenvalue weighted by Crippen LogP contribution is 2.23. The molecule has 0 unspecified atom stereocenters. The number of nitrogens with one attached hydrogen (secondary N) is 1. The Morgan fingerprint density at radius 3 is 2.74 bits per heavy atom. The maximum absolute atomic E-state index is 13.7. The molecule has 0 fully saturated rings. The molecule has 0 radical (unpaired) electrons. The molecule has 0 aliphatic carbocycles. The van der Waals surface area contributed by atoms with Gasteiger partial charge in [0.1, 0.15) is 5.82 Å². The predicted octanol–water partition coefficient (Wildman–Crippen LogP) is 4.54. The standard InChI is InChI=1S/C14H10ClFN2S/c15-10-5-3-7-12-13(10)17-14(19)18(12)8-9-4-1-2-6-11(9)16/h1-7H,8H2,(H,17,19). The van der Waals surface area contributed by atoms with Crippen LogP contribution in [0.25, 0.3) is 11.0 Å². The first-order valence-corrected chi connectivity index (χ1v) is 6.56. The predicted molar refractivity (Wildman–Crippen MR) is 77.6 cm³/mol. The monoisotopic (exact) mass is 292 g/mol. The smallest absolute Gasteiger partial charge is 0.178 e. The van der Waals surface area contributed by atoms with Crippen molar-refractivity contribution in [1.82, 2.24) is 9.55 Å². The van der Waals surface area contributed by atoms with E-state index in [0.29, 0.717) is 21.9 Å². The second-order valence-corrected chi connectivity index (χ2v) is 5.04. The number of H-pyrrole nitrogens is 1. The minimum Gasteiger partial charge on any atom is -0.329 e. The maximum Gasteiger partial charge on any atom is 0.178 e. The molecule has 3 aromatic rings. The molecule has 2 aromatic carbocycles. The van der Waals surface area contributed by atoms with Crippen molar-refractivity contribution in [3.8, 4) is 0 Å². The van der Waals surface area contributed by atoms with Crippen LogP contribution < -0.4 is 0 Å². The third-order valence-corrected chi connectivity index (χ3v) is 3.68. The molecule has 3 rings (SSSR count). The van der Waals surface area contributed by atoms with Crippen LogP contribution in [0.3, 0.4) is 0 Å². The number of rotatable bonds is 2. The second-order valence-electron chi connectivity index (χ2n) is 4.24. The molecule has 0 aliphatic heterocycles. The fourth-order valence-electron chi connectivity index (χ4n) is 2.10. The van der Waals surface area contributed by atoms with Crippen LogP contribution in [-0.4, -0.2) is 9.55 Å². The average Bonchev–Trinajstić information content (AvgIpc) is 2.71. The summed E-state index contributed by atoms with van der Waals surface area (Å²) in [6.45, 7) is 0.381. The normalized spacial score (nSPS) is 11.1. The first-order valence-electron chi connectivity index (χ1n) is 5.77. The minimum atomic E-state index is -0.235. The number of halogens is 2. The van der Waals surface area contributed by atoms with E-state index >= 15 is 0 Å². The Morgan fingerprint density at radius 2 is 1.95 bits per heavy atom. The van der Waals surface area contributed by atoms with Gasteiger partial charge in [-0.05, 0) is 30.4 Å². The van der Waals surface area contributed by atoms with Crippen LogP contribution in [0.4, 0.5) is 4.39 Å². The quantitative estimate of drug-likeness (QED) is 0.688. The van der Waals surface area contributed by atoms with Crippen molar-refractivity contribution in [2.45, 2.75) is 6.54 Å². The summed E-state index contributed by atoms with van der Waals surface area (Å²) >= 11 is 11.4. The van der Waals surface area contributed by atoms with Crippen molar-refractivity contribution in [3.05, 3.63) is 63.6 Å². The van der Waals surface area contributed by atoms with E-state index in [1.54, 1.807) is 18.2 Å². The van der Waals surface area contributed by atoms with Crippen molar-refractivity contribution in [1.29, 1.82) is 0 Å². The van der Waals surface area contributed by atoms with Gasteiger partial charge in [0.05, 0.1) is 22.6 Å². The summed E-state index contributed by atoms with van der Waals surface area (Å²) in [5.74, 6) is -0.235. The summed E-state index contributed by atoms with van der Waals surface area (Å²) in [5.41, 5.74) is 2.26. The number of aromatic amines is 1. The van der Waals surface area contributed by atoms with Gasteiger partial charge < -0.3 is 9.55 Å². The molecule has 96 valence electrons. The van der Waals surface area contributed by atoms with E-state index in [-0.39, 0.29) is 5.82 Å². The number of hydrogen-bond acceptors (Lipinski definition) is 1. The lowest BCUT2D eigenvalue weighted by atomic mass is 10.2. The number of benzene rings is 2. The summed E-state index contributed by atoms with van der Waals surface area (Å²) in [5, 5.41) is 0.607. The summed E-state index contributed by atoms with van der Waals surface area (Å²) in [4.78, 5) is 3.06. The van der Waals surface area contributed by atoms with Crippen molar-refractivity contribution in [2.24, 2.45) is 0 Å². The van der Waals surface area contributed by atoms with Gasteiger partial charge >= 0.3 is 0 Å². The van der Waals surface area contributed by atoms with Gasteiger partial charge in [0.15, 0.2) is 4.77 Å². The number of hydrogen-bond donors (Lipinski definition) is 1. The highest BCUT2D eigenvalue weighted by molar-refractivity contribution is 7.71. The van der Waals surface area contributed by atoms with Crippen molar-refractivity contribution in [3.63, 3.8) is 0 Å². The van der Waals surface area contributed by atoms with Crippen LogP contribution in [0.2, 0.25) is 5.02 Å². The molecule has 5 heteroatoms. The lowest BCUT2D eigenvalue weighted by Crippen LogP contribution is -2.01. The summed E-state index contributed by atoms with van der Waals surface area (Å²) < 4.78 is 16.1. The van der Waals surface area contributed by atoms with Crippen LogP contribution in [0.5, 0.6) is 0 Å². The molecule has 2 nitrogen and oxygen atoms in total. The number of imidazole rings is 1. The Labute approximate surface area is 119 Å². The Hall–Kier alpha value is -1.65. The van der Waals surface area contributed by atoms with E-state index in [1.165, 1.54) is 6.07 Å². The van der Waals surface area contributed by atoms with Crippen LogP contribution in [0.15, 0.2) is 42.5 Å². The van der Waals surface area contributed by atoms with Gasteiger partial charge in [0.25, 0.3) is 0 Å². The summed E-state index contributed by atoms with van der Waals surface area (Å²) in [7, 11) is 0. The average molecular weight is 293 g/mol. The van der Waals surface area contributed by atoms with E-state index in [1.807, 2.05) is 22.8 Å². The van der Waals surface area contributed by atoms with Gasteiger partial charge in [-0.2, -0.15) is 0 Å². The molecule has 0 atom stereocenters. The van der Waals surface area contributed by atoms with E-state index in [2.05, 4.69) is 4.98 Å². The van der Waals surface area contributed by atoms with Crippen LogP contribution in [-0.2, 0) is 6.54 Å². The molecule has 19 heavy (non-hydrogen) atoms. The fourth-order valence-corrected chi connectivity index (χ4v) is 2.58. The van der Waals surface area contributed by atoms with Crippen molar-refractivity contribution in [2.75, 3.05) is 0 Å². The van der Waals surface area contributed by atoms with Gasteiger partial charge in [-0.25, -0.2) is 4.39 Å². The molecule has 0 spiro atoms. The molecular weight excluding hydrogens is 283 g/mol. The summed E-state index contributed by atoms with van der Waals surface area (Å²) in [6.07, 6.45) is 0.